The summed E-state index contributed by atoms with van der Waals surface area (Å²) in [6.07, 6.45) is 3.32. The van der Waals surface area contributed by atoms with Crippen LogP contribution in [0.5, 0.6) is 0 Å². The average molecular weight is 381 g/mol. The molecule has 0 bridgehead atoms. The quantitative estimate of drug-likeness (QED) is 0.562. The number of hydrogen-bond acceptors (Lipinski definition) is 2. The molecule has 3 aromatic rings. The summed E-state index contributed by atoms with van der Waals surface area (Å²) < 4.78 is 15.7. The number of aromatic nitrogens is 1. The van der Waals surface area contributed by atoms with E-state index in [9.17, 15) is 14.6 Å². The number of fused-ring (bicyclic) bond motifs is 1. The summed E-state index contributed by atoms with van der Waals surface area (Å²) in [7, 11) is 0. The van der Waals surface area contributed by atoms with Crippen LogP contribution in [0.1, 0.15) is 45.3 Å². The molecule has 0 aliphatic rings. The third-order valence-corrected chi connectivity index (χ3v) is 5.06. The molecule has 0 amide bonds. The third kappa shape index (κ3) is 4.18. The van der Waals surface area contributed by atoms with Crippen molar-refractivity contribution in [1.82, 2.24) is 4.57 Å². The van der Waals surface area contributed by atoms with E-state index in [-0.39, 0.29) is 11.9 Å². The summed E-state index contributed by atoms with van der Waals surface area (Å²) >= 11 is 0. The van der Waals surface area contributed by atoms with Crippen LogP contribution < -0.4 is 0 Å². The lowest BCUT2D eigenvalue weighted by atomic mass is 10.0. The second kappa shape index (κ2) is 8.72. The molecule has 3 nitrogen and oxygen atoms in total. The predicted octanol–water partition coefficient (Wildman–Crippen LogP) is 5.56. The Balaban J connectivity index is 2.17. The average Bonchev–Trinajstić information content (AvgIpc) is 3.01. The van der Waals surface area contributed by atoms with Gasteiger partial charge >= 0.3 is 0 Å². The monoisotopic (exact) mass is 381 g/mol. The van der Waals surface area contributed by atoms with Gasteiger partial charge in [0, 0.05) is 34.6 Å². The maximum atomic E-state index is 13.5. The number of hydrogen-bond donors (Lipinski definition) is 2. The minimum Gasteiger partial charge on any atom is -0.393 e. The summed E-state index contributed by atoms with van der Waals surface area (Å²) in [4.78, 5) is 0. The van der Waals surface area contributed by atoms with Gasteiger partial charge in [-0.2, -0.15) is 0 Å². The Bertz CT molecular complexity index is 957. The zero-order chi connectivity index (χ0) is 20.3. The molecule has 28 heavy (non-hydrogen) atoms. The topological polar surface area (TPSA) is 45.4 Å². The first-order valence-corrected chi connectivity index (χ1v) is 9.85. The molecular formula is C24H28FNO2. The van der Waals surface area contributed by atoms with Gasteiger partial charge in [0.15, 0.2) is 0 Å². The van der Waals surface area contributed by atoms with Gasteiger partial charge in [-0.3, -0.25) is 0 Å². The highest BCUT2D eigenvalue weighted by molar-refractivity contribution is 6.01. The Morgan fingerprint density at radius 3 is 2.36 bits per heavy atom. The molecule has 0 saturated heterocycles. The first-order chi connectivity index (χ1) is 13.4. The highest BCUT2D eigenvalue weighted by Crippen LogP contribution is 2.38. The van der Waals surface area contributed by atoms with Crippen molar-refractivity contribution in [3.8, 4) is 11.1 Å². The number of para-hydroxylation sites is 1. The van der Waals surface area contributed by atoms with E-state index in [4.69, 9.17) is 0 Å². The van der Waals surface area contributed by atoms with Crippen LogP contribution in [0.25, 0.3) is 28.1 Å². The van der Waals surface area contributed by atoms with Crippen LogP contribution in [0.3, 0.4) is 0 Å². The Labute approximate surface area is 165 Å². The number of nitrogens with zero attached hydrogens (tertiary/aromatic N) is 1. The van der Waals surface area contributed by atoms with Gasteiger partial charge in [0.1, 0.15) is 5.82 Å². The number of rotatable bonds is 7. The normalized spacial score (nSPS) is 14.2. The molecule has 0 unspecified atom stereocenters. The van der Waals surface area contributed by atoms with Crippen LogP contribution in [-0.4, -0.2) is 27.0 Å². The number of benzene rings is 2. The summed E-state index contributed by atoms with van der Waals surface area (Å²) in [6, 6.07) is 14.9. The fourth-order valence-corrected chi connectivity index (χ4v) is 3.65. The summed E-state index contributed by atoms with van der Waals surface area (Å²) in [6.45, 7) is 6.13. The molecule has 0 aliphatic carbocycles. The Hall–Kier alpha value is -2.43. The van der Waals surface area contributed by atoms with Crippen LogP contribution in [0, 0.1) is 5.82 Å². The standard InChI is InChI=1S/C24H28FNO2/c1-4-19(27)15-20(28)13-14-23-24(17-9-11-18(25)12-10-17)21-7-5-6-8-22(21)26(23)16(2)3/h5-14,16,19-20,27-28H,4,15H2,1-3H3/b14-13+/t19-,20+/m0/s1. The lowest BCUT2D eigenvalue weighted by molar-refractivity contribution is 0.102. The minimum absolute atomic E-state index is 0.206. The molecule has 0 fully saturated rings. The van der Waals surface area contributed by atoms with E-state index in [2.05, 4.69) is 30.5 Å². The highest BCUT2D eigenvalue weighted by atomic mass is 19.1. The van der Waals surface area contributed by atoms with Gasteiger partial charge in [0.25, 0.3) is 0 Å². The molecule has 2 atom stereocenters. The number of halogens is 1. The zero-order valence-electron chi connectivity index (χ0n) is 16.6. The van der Waals surface area contributed by atoms with Crippen LogP contribution in [0.2, 0.25) is 0 Å². The summed E-state index contributed by atoms with van der Waals surface area (Å²) in [5.41, 5.74) is 4.01. The van der Waals surface area contributed by atoms with Gasteiger partial charge in [0.2, 0.25) is 0 Å². The van der Waals surface area contributed by atoms with Crippen molar-refractivity contribution in [2.45, 2.75) is 51.9 Å². The molecule has 1 heterocycles. The van der Waals surface area contributed by atoms with Gasteiger partial charge < -0.3 is 14.8 Å². The van der Waals surface area contributed by atoms with Gasteiger partial charge in [-0.15, -0.1) is 0 Å². The summed E-state index contributed by atoms with van der Waals surface area (Å²) in [5, 5.41) is 21.2. The lowest BCUT2D eigenvalue weighted by Gasteiger charge is -2.15. The van der Waals surface area contributed by atoms with E-state index in [1.54, 1.807) is 18.2 Å². The van der Waals surface area contributed by atoms with Crippen molar-refractivity contribution in [2.75, 3.05) is 0 Å². The van der Waals surface area contributed by atoms with Crippen LogP contribution >= 0.6 is 0 Å². The first-order valence-electron chi connectivity index (χ1n) is 9.85. The summed E-state index contributed by atoms with van der Waals surface area (Å²) in [5.74, 6) is -0.266. The van der Waals surface area contributed by atoms with Crippen LogP contribution in [0.15, 0.2) is 54.6 Å². The molecule has 0 spiro atoms. The minimum atomic E-state index is -0.727. The van der Waals surface area contributed by atoms with Gasteiger partial charge in [-0.1, -0.05) is 43.3 Å². The molecule has 4 heteroatoms. The second-order valence-electron chi connectivity index (χ2n) is 7.47. The first kappa shape index (κ1) is 20.3. The molecule has 2 N–H and O–H groups in total. The van der Waals surface area contributed by atoms with E-state index in [1.807, 2.05) is 25.1 Å². The molecule has 148 valence electrons. The largest absolute Gasteiger partial charge is 0.393 e. The molecule has 3 rings (SSSR count). The number of aliphatic hydroxyl groups excluding tert-OH is 2. The van der Waals surface area contributed by atoms with E-state index in [1.165, 1.54) is 12.1 Å². The van der Waals surface area contributed by atoms with Crippen LogP contribution in [-0.2, 0) is 0 Å². The maximum absolute atomic E-state index is 13.5. The maximum Gasteiger partial charge on any atom is 0.123 e. The molecule has 0 aliphatic heterocycles. The van der Waals surface area contributed by atoms with Crippen LogP contribution in [0.4, 0.5) is 4.39 Å². The Kier molecular flexibility index (Phi) is 6.32. The molecule has 1 aromatic heterocycles. The van der Waals surface area contributed by atoms with Gasteiger partial charge in [-0.05, 0) is 50.1 Å². The molecular weight excluding hydrogens is 353 g/mol. The van der Waals surface area contributed by atoms with Crippen molar-refractivity contribution < 1.29 is 14.6 Å². The molecule has 0 radical (unpaired) electrons. The Morgan fingerprint density at radius 2 is 1.71 bits per heavy atom. The van der Waals surface area contributed by atoms with Crippen molar-refractivity contribution in [1.29, 1.82) is 0 Å². The van der Waals surface area contributed by atoms with Gasteiger partial charge in [0.05, 0.1) is 12.2 Å². The van der Waals surface area contributed by atoms with Crippen molar-refractivity contribution in [3.63, 3.8) is 0 Å². The van der Waals surface area contributed by atoms with E-state index >= 15 is 0 Å². The Morgan fingerprint density at radius 1 is 1.04 bits per heavy atom. The van der Waals surface area contributed by atoms with Gasteiger partial charge in [-0.25, -0.2) is 4.39 Å². The fourth-order valence-electron chi connectivity index (χ4n) is 3.65. The molecule has 0 saturated carbocycles. The van der Waals surface area contributed by atoms with E-state index in [0.29, 0.717) is 12.8 Å². The highest BCUT2D eigenvalue weighted by Gasteiger charge is 2.19. The van der Waals surface area contributed by atoms with Crippen molar-refractivity contribution in [3.05, 3.63) is 66.1 Å². The number of aliphatic hydroxyl groups is 2. The molecule has 2 aromatic carbocycles. The SMILES string of the molecule is CC[C@H](O)C[C@H](O)/C=C/c1c(-c2ccc(F)cc2)c2ccccc2n1C(C)C. The van der Waals surface area contributed by atoms with E-state index in [0.717, 1.165) is 27.7 Å². The van der Waals surface area contributed by atoms with Crippen molar-refractivity contribution >= 4 is 17.0 Å². The van der Waals surface area contributed by atoms with E-state index < -0.39 is 12.2 Å². The van der Waals surface area contributed by atoms with Crippen molar-refractivity contribution in [2.24, 2.45) is 0 Å². The third-order valence-electron chi connectivity index (χ3n) is 5.06. The lowest BCUT2D eigenvalue weighted by Crippen LogP contribution is -2.14. The smallest absolute Gasteiger partial charge is 0.123 e. The zero-order valence-corrected chi connectivity index (χ0v) is 16.6. The predicted molar refractivity (Wildman–Crippen MR) is 114 cm³/mol. The fraction of sp³-hybridized carbons (Fsp3) is 0.333. The second-order valence-corrected chi connectivity index (χ2v) is 7.47.